The van der Waals surface area contributed by atoms with E-state index < -0.39 is 5.38 Å². The maximum atomic E-state index is 10.2. The third-order valence-corrected chi connectivity index (χ3v) is 1.08. The maximum Gasteiger partial charge on any atom is 0.151 e. The Morgan fingerprint density at radius 2 is 2.43 bits per heavy atom. The lowest BCUT2D eigenvalue weighted by atomic mass is 10.3. The highest BCUT2D eigenvalue weighted by Gasteiger charge is 2.01. The number of ketones is 1. The van der Waals surface area contributed by atoms with Gasteiger partial charge in [-0.3, -0.25) is 4.79 Å². The molecule has 0 aliphatic rings. The molecule has 0 heterocycles. The van der Waals surface area contributed by atoms with Crippen LogP contribution in [0.3, 0.4) is 0 Å². The minimum Gasteiger partial charge on any atom is -0.298 e. The lowest BCUT2D eigenvalue weighted by Crippen LogP contribution is -2.04. The summed E-state index contributed by atoms with van der Waals surface area (Å²) in [5, 5.41) is -0.500. The number of rotatable bonds is 2. The normalized spacial score (nSPS) is 12.9. The van der Waals surface area contributed by atoms with Gasteiger partial charge in [0.2, 0.25) is 0 Å². The average Bonchev–Trinajstić information content (AvgIpc) is 1.65. The molecule has 0 fully saturated rings. The summed E-state index contributed by atoms with van der Waals surface area (Å²) >= 11 is 5.33. The number of Topliss-reactive ketones (excluding diaryl/α,β-unsaturated/α-hetero) is 1. The van der Waals surface area contributed by atoms with Gasteiger partial charge in [-0.25, -0.2) is 0 Å². The number of hydrogen-bond donors (Lipinski definition) is 0. The predicted molar refractivity (Wildman–Crippen MR) is 30.5 cm³/mol. The molecule has 2 heteroatoms. The van der Waals surface area contributed by atoms with E-state index in [9.17, 15) is 4.79 Å². The lowest BCUT2D eigenvalue weighted by Gasteiger charge is -1.91. The Morgan fingerprint density at radius 1 is 2.00 bits per heavy atom. The molecule has 0 bridgehead atoms. The van der Waals surface area contributed by atoms with Gasteiger partial charge < -0.3 is 0 Å². The van der Waals surface area contributed by atoms with Gasteiger partial charge in [0, 0.05) is 0 Å². The summed E-state index contributed by atoms with van der Waals surface area (Å²) in [6.07, 6.45) is 1.41. The molecular formula is C5H7ClO. The molecule has 0 saturated carbocycles. The standard InChI is InChI=1S/C5H7ClO/c1-3-5(6)4(2)7/h3,5H,1H2,2H3. The van der Waals surface area contributed by atoms with Crippen LogP contribution in [-0.2, 0) is 4.79 Å². The molecule has 0 aromatic rings. The summed E-state index contributed by atoms with van der Waals surface area (Å²) in [6, 6.07) is 0. The molecule has 0 saturated heterocycles. The molecule has 0 N–H and O–H groups in total. The second-order valence-electron chi connectivity index (χ2n) is 1.25. The molecule has 0 spiro atoms. The third kappa shape index (κ3) is 2.40. The smallest absolute Gasteiger partial charge is 0.151 e. The molecule has 0 aromatic carbocycles. The quantitative estimate of drug-likeness (QED) is 0.395. The van der Waals surface area contributed by atoms with Crippen molar-refractivity contribution in [2.24, 2.45) is 0 Å². The minimum absolute atomic E-state index is 0.0586. The molecular weight excluding hydrogens is 112 g/mol. The Morgan fingerprint density at radius 3 is 2.43 bits per heavy atom. The van der Waals surface area contributed by atoms with Gasteiger partial charge in [-0.2, -0.15) is 0 Å². The molecule has 1 atom stereocenters. The zero-order chi connectivity index (χ0) is 5.86. The molecule has 7 heavy (non-hydrogen) atoms. The van der Waals surface area contributed by atoms with Crippen molar-refractivity contribution < 1.29 is 4.79 Å². The Hall–Kier alpha value is -0.300. The molecule has 0 aliphatic heterocycles. The van der Waals surface area contributed by atoms with Crippen molar-refractivity contribution in [3.8, 4) is 0 Å². The molecule has 1 unspecified atom stereocenters. The Labute approximate surface area is 48.0 Å². The first-order chi connectivity index (χ1) is 3.18. The van der Waals surface area contributed by atoms with E-state index in [1.54, 1.807) is 0 Å². The summed E-state index contributed by atoms with van der Waals surface area (Å²) in [5.41, 5.74) is 0. The monoisotopic (exact) mass is 118 g/mol. The van der Waals surface area contributed by atoms with Crippen LogP contribution in [0, 0.1) is 0 Å². The van der Waals surface area contributed by atoms with Gasteiger partial charge >= 0.3 is 0 Å². The largest absolute Gasteiger partial charge is 0.298 e. The van der Waals surface area contributed by atoms with Crippen LogP contribution in [0.2, 0.25) is 0 Å². The highest BCUT2D eigenvalue weighted by Crippen LogP contribution is 1.95. The fraction of sp³-hybridized carbons (Fsp3) is 0.400. The van der Waals surface area contributed by atoms with Crippen molar-refractivity contribution in [3.05, 3.63) is 12.7 Å². The van der Waals surface area contributed by atoms with Crippen LogP contribution in [-0.4, -0.2) is 11.2 Å². The first-order valence-electron chi connectivity index (χ1n) is 1.95. The molecule has 0 radical (unpaired) electrons. The van der Waals surface area contributed by atoms with Crippen molar-refractivity contribution in [1.82, 2.24) is 0 Å². The average molecular weight is 119 g/mol. The maximum absolute atomic E-state index is 10.2. The number of carbonyl (C=O) groups excluding carboxylic acids is 1. The second-order valence-corrected chi connectivity index (χ2v) is 1.72. The zero-order valence-electron chi connectivity index (χ0n) is 4.15. The first-order valence-corrected chi connectivity index (χ1v) is 2.39. The number of halogens is 1. The van der Waals surface area contributed by atoms with Crippen LogP contribution in [0.4, 0.5) is 0 Å². The number of allylic oxidation sites excluding steroid dienone is 1. The van der Waals surface area contributed by atoms with E-state index in [2.05, 4.69) is 6.58 Å². The van der Waals surface area contributed by atoms with Crippen molar-refractivity contribution >= 4 is 17.4 Å². The highest BCUT2D eigenvalue weighted by atomic mass is 35.5. The fourth-order valence-electron chi connectivity index (χ4n) is 0.166. The minimum atomic E-state index is -0.500. The van der Waals surface area contributed by atoms with Gasteiger partial charge in [-0.1, -0.05) is 6.08 Å². The van der Waals surface area contributed by atoms with Crippen LogP contribution in [0.25, 0.3) is 0 Å². The Kier molecular flexibility index (Phi) is 2.68. The van der Waals surface area contributed by atoms with E-state index in [0.717, 1.165) is 0 Å². The van der Waals surface area contributed by atoms with Gasteiger partial charge in [0.25, 0.3) is 0 Å². The molecule has 0 aliphatic carbocycles. The van der Waals surface area contributed by atoms with Crippen LogP contribution in [0.15, 0.2) is 12.7 Å². The summed E-state index contributed by atoms with van der Waals surface area (Å²) in [5.74, 6) is -0.0586. The number of carbonyl (C=O) groups is 1. The van der Waals surface area contributed by atoms with Crippen LogP contribution in [0.1, 0.15) is 6.92 Å². The van der Waals surface area contributed by atoms with E-state index in [0.29, 0.717) is 0 Å². The van der Waals surface area contributed by atoms with E-state index >= 15 is 0 Å². The van der Waals surface area contributed by atoms with Crippen LogP contribution < -0.4 is 0 Å². The lowest BCUT2D eigenvalue weighted by molar-refractivity contribution is -0.115. The molecule has 0 aromatic heterocycles. The van der Waals surface area contributed by atoms with Crippen molar-refractivity contribution in [2.75, 3.05) is 0 Å². The van der Waals surface area contributed by atoms with Crippen molar-refractivity contribution in [2.45, 2.75) is 12.3 Å². The van der Waals surface area contributed by atoms with Gasteiger partial charge in [-0.05, 0) is 6.92 Å². The molecule has 40 valence electrons. The third-order valence-electron chi connectivity index (χ3n) is 0.595. The zero-order valence-corrected chi connectivity index (χ0v) is 4.90. The van der Waals surface area contributed by atoms with E-state index in [4.69, 9.17) is 11.6 Å². The van der Waals surface area contributed by atoms with Crippen molar-refractivity contribution in [1.29, 1.82) is 0 Å². The SMILES string of the molecule is C=CC(Cl)C(C)=O. The van der Waals surface area contributed by atoms with Crippen LogP contribution in [0.5, 0.6) is 0 Å². The van der Waals surface area contributed by atoms with Gasteiger partial charge in [0.1, 0.15) is 5.38 Å². The van der Waals surface area contributed by atoms with E-state index in [-0.39, 0.29) is 5.78 Å². The summed E-state index contributed by atoms with van der Waals surface area (Å²) in [6.45, 7) is 4.76. The van der Waals surface area contributed by atoms with Gasteiger partial charge in [-0.15, -0.1) is 18.2 Å². The second kappa shape index (κ2) is 2.80. The summed E-state index contributed by atoms with van der Waals surface area (Å²) < 4.78 is 0. The van der Waals surface area contributed by atoms with Gasteiger partial charge in [0.15, 0.2) is 5.78 Å². The summed E-state index contributed by atoms with van der Waals surface area (Å²) in [7, 11) is 0. The Bertz CT molecular complexity index is 88.1. The molecule has 0 rings (SSSR count). The predicted octanol–water partition coefficient (Wildman–Crippen LogP) is 1.37. The van der Waals surface area contributed by atoms with Crippen LogP contribution >= 0.6 is 11.6 Å². The summed E-state index contributed by atoms with van der Waals surface area (Å²) in [4.78, 5) is 10.2. The van der Waals surface area contributed by atoms with E-state index in [1.165, 1.54) is 13.0 Å². The highest BCUT2D eigenvalue weighted by molar-refractivity contribution is 6.32. The van der Waals surface area contributed by atoms with Gasteiger partial charge in [0.05, 0.1) is 0 Å². The Balaban J connectivity index is 3.55. The number of alkyl halides is 1. The molecule has 1 nitrogen and oxygen atoms in total. The van der Waals surface area contributed by atoms with E-state index in [1.807, 2.05) is 0 Å². The fourth-order valence-corrected chi connectivity index (χ4v) is 0.166. The first kappa shape index (κ1) is 6.70. The topological polar surface area (TPSA) is 17.1 Å². The number of hydrogen-bond acceptors (Lipinski definition) is 1. The van der Waals surface area contributed by atoms with Crippen molar-refractivity contribution in [3.63, 3.8) is 0 Å². The molecule has 0 amide bonds.